The third-order valence-corrected chi connectivity index (χ3v) is 5.61. The lowest BCUT2D eigenvalue weighted by atomic mass is 10.1. The highest BCUT2D eigenvalue weighted by Gasteiger charge is 2.35. The smallest absolute Gasteiger partial charge is 0.229 e. The summed E-state index contributed by atoms with van der Waals surface area (Å²) in [5.41, 5.74) is 5.32. The van der Waals surface area contributed by atoms with Crippen molar-refractivity contribution in [1.82, 2.24) is 4.98 Å². The highest BCUT2D eigenvalue weighted by molar-refractivity contribution is 9.10. The number of amides is 2. The average Bonchev–Trinajstić information content (AvgIpc) is 2.95. The van der Waals surface area contributed by atoms with Crippen LogP contribution >= 0.6 is 15.9 Å². The van der Waals surface area contributed by atoms with Crippen molar-refractivity contribution in [2.45, 2.75) is 34.1 Å². The zero-order chi connectivity index (χ0) is 19.0. The van der Waals surface area contributed by atoms with E-state index in [0.717, 1.165) is 38.4 Å². The number of hydrogen-bond acceptors (Lipinski definition) is 3. The second-order valence-electron chi connectivity index (χ2n) is 6.87. The Hall–Kier alpha value is -2.21. The standard InChI is InChI=1S/C20H22BrN3O2/c1-11-8-16(5-6-17(11)21)24-10-15(9-18(24)25)20(26)23-19-12(2)7-13(3)22-14(19)4/h5-8,15H,9-10H2,1-4H3,(H,23,26). The summed E-state index contributed by atoms with van der Waals surface area (Å²) in [5.74, 6) is -0.527. The molecule has 1 aliphatic rings. The van der Waals surface area contributed by atoms with Crippen LogP contribution < -0.4 is 10.2 Å². The molecule has 1 aromatic carbocycles. The van der Waals surface area contributed by atoms with Crippen molar-refractivity contribution in [1.29, 1.82) is 0 Å². The van der Waals surface area contributed by atoms with Crippen LogP contribution in [0.3, 0.4) is 0 Å². The predicted molar refractivity (Wildman–Crippen MR) is 106 cm³/mol. The van der Waals surface area contributed by atoms with Crippen LogP contribution in [0.15, 0.2) is 28.7 Å². The van der Waals surface area contributed by atoms with Crippen LogP contribution in [0.2, 0.25) is 0 Å². The van der Waals surface area contributed by atoms with Gasteiger partial charge < -0.3 is 10.2 Å². The van der Waals surface area contributed by atoms with E-state index >= 15 is 0 Å². The van der Waals surface area contributed by atoms with Gasteiger partial charge in [-0.05, 0) is 63.1 Å². The van der Waals surface area contributed by atoms with E-state index in [1.54, 1.807) is 4.90 Å². The number of nitrogens with zero attached hydrogens (tertiary/aromatic N) is 2. The third kappa shape index (κ3) is 3.65. The predicted octanol–water partition coefficient (Wildman–Crippen LogP) is 4.07. The number of halogens is 1. The minimum Gasteiger partial charge on any atom is -0.324 e. The van der Waals surface area contributed by atoms with Gasteiger partial charge in [-0.3, -0.25) is 14.6 Å². The number of carbonyl (C=O) groups is 2. The van der Waals surface area contributed by atoms with E-state index in [1.165, 1.54) is 0 Å². The van der Waals surface area contributed by atoms with E-state index in [-0.39, 0.29) is 24.2 Å². The largest absolute Gasteiger partial charge is 0.324 e. The fraction of sp³-hybridized carbons (Fsp3) is 0.350. The summed E-state index contributed by atoms with van der Waals surface area (Å²) in [6.45, 7) is 8.14. The molecule has 1 saturated heterocycles. The van der Waals surface area contributed by atoms with Gasteiger partial charge in [0, 0.05) is 28.8 Å². The van der Waals surface area contributed by atoms with Gasteiger partial charge in [-0.25, -0.2) is 0 Å². The van der Waals surface area contributed by atoms with Crippen molar-refractivity contribution in [3.8, 4) is 0 Å². The van der Waals surface area contributed by atoms with Gasteiger partial charge in [0.1, 0.15) is 0 Å². The molecule has 0 bridgehead atoms. The summed E-state index contributed by atoms with van der Waals surface area (Å²) < 4.78 is 1.00. The first-order valence-corrected chi connectivity index (χ1v) is 9.37. The molecule has 2 amide bonds. The number of hydrogen-bond donors (Lipinski definition) is 1. The lowest BCUT2D eigenvalue weighted by Gasteiger charge is -2.18. The first-order valence-electron chi connectivity index (χ1n) is 8.58. The highest BCUT2D eigenvalue weighted by Crippen LogP contribution is 2.29. The molecule has 0 aliphatic carbocycles. The molecule has 2 aromatic rings. The number of aryl methyl sites for hydroxylation is 4. The zero-order valence-electron chi connectivity index (χ0n) is 15.4. The van der Waals surface area contributed by atoms with Gasteiger partial charge in [0.25, 0.3) is 0 Å². The molecule has 1 aromatic heterocycles. The SMILES string of the molecule is Cc1cc(C)c(NC(=O)C2CC(=O)N(c3ccc(Br)c(C)c3)C2)c(C)n1. The Morgan fingerprint density at radius 2 is 1.92 bits per heavy atom. The topological polar surface area (TPSA) is 62.3 Å². The van der Waals surface area contributed by atoms with E-state index < -0.39 is 0 Å². The molecule has 1 fully saturated rings. The molecule has 3 rings (SSSR count). The van der Waals surface area contributed by atoms with Crippen molar-refractivity contribution in [2.24, 2.45) is 5.92 Å². The van der Waals surface area contributed by atoms with E-state index in [9.17, 15) is 9.59 Å². The minimum absolute atomic E-state index is 0.0256. The molecule has 1 atom stereocenters. The molecule has 1 N–H and O–H groups in total. The molecule has 0 saturated carbocycles. The Bertz CT molecular complexity index is 872. The molecule has 0 radical (unpaired) electrons. The Balaban J connectivity index is 1.76. The zero-order valence-corrected chi connectivity index (χ0v) is 17.0. The van der Waals surface area contributed by atoms with Crippen LogP contribution in [0.4, 0.5) is 11.4 Å². The monoisotopic (exact) mass is 415 g/mol. The Kier molecular flexibility index (Phi) is 5.14. The summed E-state index contributed by atoms with van der Waals surface area (Å²) in [6, 6.07) is 7.73. The maximum atomic E-state index is 12.7. The second-order valence-corrected chi connectivity index (χ2v) is 7.72. The van der Waals surface area contributed by atoms with Crippen LogP contribution in [-0.2, 0) is 9.59 Å². The van der Waals surface area contributed by atoms with Crippen molar-refractivity contribution in [2.75, 3.05) is 16.8 Å². The molecule has 136 valence electrons. The lowest BCUT2D eigenvalue weighted by Crippen LogP contribution is -2.28. The molecule has 26 heavy (non-hydrogen) atoms. The normalized spacial score (nSPS) is 16.9. The molecular formula is C20H22BrN3O2. The van der Waals surface area contributed by atoms with E-state index in [1.807, 2.05) is 52.0 Å². The van der Waals surface area contributed by atoms with Crippen LogP contribution in [0, 0.1) is 33.6 Å². The summed E-state index contributed by atoms with van der Waals surface area (Å²) in [4.78, 5) is 31.3. The van der Waals surface area contributed by atoms with E-state index in [2.05, 4.69) is 26.2 Å². The number of benzene rings is 1. The average molecular weight is 416 g/mol. The molecule has 2 heterocycles. The number of aromatic nitrogens is 1. The molecule has 0 spiro atoms. The van der Waals surface area contributed by atoms with Crippen molar-refractivity contribution >= 4 is 39.1 Å². The maximum absolute atomic E-state index is 12.7. The summed E-state index contributed by atoms with van der Waals surface area (Å²) in [5, 5.41) is 2.97. The summed E-state index contributed by atoms with van der Waals surface area (Å²) in [6.07, 6.45) is 0.221. The number of rotatable bonds is 3. The first kappa shape index (κ1) is 18.6. The van der Waals surface area contributed by atoms with E-state index in [0.29, 0.717) is 6.54 Å². The van der Waals surface area contributed by atoms with Gasteiger partial charge in [0.15, 0.2) is 0 Å². The molecule has 5 nitrogen and oxygen atoms in total. The second kappa shape index (κ2) is 7.19. The molecule has 1 aliphatic heterocycles. The van der Waals surface area contributed by atoms with Crippen molar-refractivity contribution < 1.29 is 9.59 Å². The fourth-order valence-electron chi connectivity index (χ4n) is 3.37. The van der Waals surface area contributed by atoms with Gasteiger partial charge in [-0.2, -0.15) is 0 Å². The van der Waals surface area contributed by atoms with Crippen LogP contribution in [0.25, 0.3) is 0 Å². The lowest BCUT2D eigenvalue weighted by molar-refractivity contribution is -0.122. The quantitative estimate of drug-likeness (QED) is 0.821. The number of nitrogens with one attached hydrogen (secondary N) is 1. The number of anilines is 2. The van der Waals surface area contributed by atoms with Crippen LogP contribution in [0.5, 0.6) is 0 Å². The van der Waals surface area contributed by atoms with Crippen molar-refractivity contribution in [3.63, 3.8) is 0 Å². The van der Waals surface area contributed by atoms with Crippen LogP contribution in [-0.4, -0.2) is 23.3 Å². The molecular weight excluding hydrogens is 394 g/mol. The van der Waals surface area contributed by atoms with Gasteiger partial charge in [-0.1, -0.05) is 15.9 Å². The number of carbonyl (C=O) groups excluding carboxylic acids is 2. The fourth-order valence-corrected chi connectivity index (χ4v) is 3.61. The molecule has 6 heteroatoms. The Labute approximate surface area is 161 Å². The van der Waals surface area contributed by atoms with Crippen LogP contribution in [0.1, 0.15) is 28.9 Å². The maximum Gasteiger partial charge on any atom is 0.229 e. The Morgan fingerprint density at radius 3 is 2.58 bits per heavy atom. The minimum atomic E-state index is -0.369. The third-order valence-electron chi connectivity index (χ3n) is 4.72. The number of pyridine rings is 1. The first-order chi connectivity index (χ1) is 12.3. The van der Waals surface area contributed by atoms with Gasteiger partial charge in [-0.15, -0.1) is 0 Å². The molecule has 1 unspecified atom stereocenters. The van der Waals surface area contributed by atoms with Gasteiger partial charge in [0.05, 0.1) is 17.3 Å². The highest BCUT2D eigenvalue weighted by atomic mass is 79.9. The van der Waals surface area contributed by atoms with Gasteiger partial charge in [0.2, 0.25) is 11.8 Å². The summed E-state index contributed by atoms with van der Waals surface area (Å²) >= 11 is 3.47. The Morgan fingerprint density at radius 1 is 1.19 bits per heavy atom. The summed E-state index contributed by atoms with van der Waals surface area (Å²) in [7, 11) is 0. The van der Waals surface area contributed by atoms with Crippen molar-refractivity contribution in [3.05, 3.63) is 51.3 Å². The van der Waals surface area contributed by atoms with Gasteiger partial charge >= 0.3 is 0 Å². The van der Waals surface area contributed by atoms with E-state index in [4.69, 9.17) is 0 Å².